The van der Waals surface area contributed by atoms with E-state index >= 15 is 0 Å². The lowest BCUT2D eigenvalue weighted by atomic mass is 9.59. The van der Waals surface area contributed by atoms with Crippen LogP contribution in [0.2, 0.25) is 0 Å². The molecule has 1 spiro atoms. The lowest BCUT2D eigenvalue weighted by Crippen LogP contribution is -2.36. The van der Waals surface area contributed by atoms with Crippen LogP contribution in [0, 0.1) is 0 Å². The molecule has 0 saturated heterocycles. The molecule has 0 bridgehead atoms. The van der Waals surface area contributed by atoms with Crippen molar-refractivity contribution in [1.82, 2.24) is 4.57 Å². The number of nitrogens with zero attached hydrogens (tertiary/aromatic N) is 2. The van der Waals surface area contributed by atoms with E-state index in [1.807, 2.05) is 11.8 Å². The summed E-state index contributed by atoms with van der Waals surface area (Å²) < 4.78 is 2.41. The molecule has 11 aromatic rings. The van der Waals surface area contributed by atoms with E-state index < -0.39 is 5.41 Å². The summed E-state index contributed by atoms with van der Waals surface area (Å²) in [5, 5.41) is 5.07. The van der Waals surface area contributed by atoms with Gasteiger partial charge >= 0.3 is 0 Å². The predicted molar refractivity (Wildman–Crippen MR) is 272 cm³/mol. The third-order valence-corrected chi connectivity index (χ3v) is 16.0. The van der Waals surface area contributed by atoms with Crippen molar-refractivity contribution in [3.05, 3.63) is 252 Å². The van der Waals surface area contributed by atoms with E-state index in [-0.39, 0.29) is 5.41 Å². The molecule has 0 saturated carbocycles. The minimum Gasteiger partial charge on any atom is -0.310 e. The van der Waals surface area contributed by atoms with Gasteiger partial charge < -0.3 is 9.47 Å². The topological polar surface area (TPSA) is 8.17 Å². The summed E-state index contributed by atoms with van der Waals surface area (Å²) in [7, 11) is 0. The monoisotopic (exact) mass is 846 g/mol. The normalized spacial score (nSPS) is 16.0. The zero-order valence-electron chi connectivity index (χ0n) is 36.1. The van der Waals surface area contributed by atoms with Crippen molar-refractivity contribution in [3.8, 4) is 27.9 Å². The standard InChI is InChI=1S/C62H42N2S/c1-61(2)48-25-9-7-23-46(48)60-51(61)28-16-31-56(60)63(41-33-35-55-47(37-41)44-22-8-12-30-54(44)64(55)40-19-4-3-5-20-40)42-34-36-58-53(38-42)62(50-27-11-13-32-57(50)65-58)49-26-10-6-21-43(49)45-24-14-17-39-18-15-29-52(62)59(39)45/h3-38H,1-2H3. The second-order valence-electron chi connectivity index (χ2n) is 18.4. The van der Waals surface area contributed by atoms with Crippen molar-refractivity contribution in [1.29, 1.82) is 0 Å². The van der Waals surface area contributed by atoms with Crippen LogP contribution < -0.4 is 4.90 Å². The lowest BCUT2D eigenvalue weighted by Gasteiger charge is -2.46. The van der Waals surface area contributed by atoms with Gasteiger partial charge in [0.15, 0.2) is 0 Å². The van der Waals surface area contributed by atoms with E-state index in [1.54, 1.807) is 0 Å². The Balaban J connectivity index is 1.09. The van der Waals surface area contributed by atoms with Crippen LogP contribution in [0.4, 0.5) is 17.1 Å². The van der Waals surface area contributed by atoms with Crippen molar-refractivity contribution < 1.29 is 0 Å². The van der Waals surface area contributed by atoms with Crippen LogP contribution in [0.5, 0.6) is 0 Å². The number of hydrogen-bond donors (Lipinski definition) is 0. The molecule has 14 rings (SSSR count). The molecule has 0 N–H and O–H groups in total. The highest BCUT2D eigenvalue weighted by atomic mass is 32.2. The second-order valence-corrected chi connectivity index (χ2v) is 19.5. The summed E-state index contributed by atoms with van der Waals surface area (Å²) in [4.78, 5) is 5.15. The summed E-state index contributed by atoms with van der Waals surface area (Å²) >= 11 is 1.90. The summed E-state index contributed by atoms with van der Waals surface area (Å²) in [6.07, 6.45) is 0. The number of hydrogen-bond acceptors (Lipinski definition) is 2. The largest absolute Gasteiger partial charge is 0.310 e. The molecule has 2 nitrogen and oxygen atoms in total. The zero-order chi connectivity index (χ0) is 43.0. The second kappa shape index (κ2) is 13.5. The molecule has 65 heavy (non-hydrogen) atoms. The van der Waals surface area contributed by atoms with Crippen molar-refractivity contribution in [2.24, 2.45) is 0 Å². The molecular weight excluding hydrogens is 805 g/mol. The summed E-state index contributed by atoms with van der Waals surface area (Å²) in [5.41, 5.74) is 19.5. The summed E-state index contributed by atoms with van der Waals surface area (Å²) in [6.45, 7) is 4.76. The molecule has 2 aliphatic carbocycles. The number of fused-ring (bicyclic) bond motifs is 14. The van der Waals surface area contributed by atoms with E-state index in [1.165, 1.54) is 104 Å². The van der Waals surface area contributed by atoms with Crippen LogP contribution in [0.1, 0.15) is 47.2 Å². The summed E-state index contributed by atoms with van der Waals surface area (Å²) in [6, 6.07) is 82.2. The third kappa shape index (κ3) is 4.91. The Kier molecular flexibility index (Phi) is 7.63. The van der Waals surface area contributed by atoms with Gasteiger partial charge in [-0.25, -0.2) is 0 Å². The molecule has 0 radical (unpaired) electrons. The van der Waals surface area contributed by atoms with Crippen LogP contribution in [-0.2, 0) is 10.8 Å². The maximum atomic E-state index is 2.56. The average molecular weight is 847 g/mol. The minimum absolute atomic E-state index is 0.154. The predicted octanol–water partition coefficient (Wildman–Crippen LogP) is 16.5. The first-order valence-corrected chi connectivity index (χ1v) is 23.5. The van der Waals surface area contributed by atoms with Crippen LogP contribution in [0.3, 0.4) is 0 Å². The highest BCUT2D eigenvalue weighted by Crippen LogP contribution is 2.62. The Bertz CT molecular complexity index is 3800. The minimum atomic E-state index is -0.566. The van der Waals surface area contributed by atoms with E-state index in [0.29, 0.717) is 0 Å². The molecule has 10 aromatic carbocycles. The molecule has 0 fully saturated rings. The number of rotatable bonds is 4. The average Bonchev–Trinajstić information content (AvgIpc) is 3.81. The van der Waals surface area contributed by atoms with Gasteiger partial charge in [0, 0.05) is 48.6 Å². The van der Waals surface area contributed by atoms with Gasteiger partial charge in [-0.2, -0.15) is 0 Å². The first-order valence-electron chi connectivity index (χ1n) is 22.7. The Morgan fingerprint density at radius 2 is 1.03 bits per heavy atom. The van der Waals surface area contributed by atoms with Crippen molar-refractivity contribution in [2.75, 3.05) is 4.90 Å². The van der Waals surface area contributed by atoms with Gasteiger partial charge in [0.1, 0.15) is 0 Å². The maximum absolute atomic E-state index is 2.56. The van der Waals surface area contributed by atoms with E-state index in [0.717, 1.165) is 17.1 Å². The number of anilines is 3. The molecule has 1 unspecified atom stereocenters. The van der Waals surface area contributed by atoms with E-state index in [9.17, 15) is 0 Å². The highest BCUT2D eigenvalue weighted by molar-refractivity contribution is 7.99. The first kappa shape index (κ1) is 36.8. The lowest BCUT2D eigenvalue weighted by molar-refractivity contribution is 0.660. The van der Waals surface area contributed by atoms with E-state index in [2.05, 4.69) is 242 Å². The summed E-state index contributed by atoms with van der Waals surface area (Å²) in [5.74, 6) is 0. The maximum Gasteiger partial charge on any atom is 0.0736 e. The fraction of sp³-hybridized carbons (Fsp3) is 0.0645. The van der Waals surface area contributed by atoms with Crippen LogP contribution in [0.15, 0.2) is 228 Å². The van der Waals surface area contributed by atoms with Gasteiger partial charge in [0.05, 0.1) is 22.1 Å². The van der Waals surface area contributed by atoms with Gasteiger partial charge in [-0.1, -0.05) is 177 Å². The first-order chi connectivity index (χ1) is 32.0. The van der Waals surface area contributed by atoms with Crippen molar-refractivity contribution in [2.45, 2.75) is 34.5 Å². The van der Waals surface area contributed by atoms with Gasteiger partial charge in [0.25, 0.3) is 0 Å². The molecule has 306 valence electrons. The Labute approximate surface area is 383 Å². The number of benzene rings is 10. The quantitative estimate of drug-likeness (QED) is 0.174. The van der Waals surface area contributed by atoms with Crippen molar-refractivity contribution >= 4 is 61.4 Å². The Morgan fingerprint density at radius 1 is 0.415 bits per heavy atom. The number of para-hydroxylation sites is 2. The van der Waals surface area contributed by atoms with Gasteiger partial charge in [-0.3, -0.25) is 0 Å². The Morgan fingerprint density at radius 3 is 1.91 bits per heavy atom. The Hall–Kier alpha value is -7.59. The van der Waals surface area contributed by atoms with Crippen molar-refractivity contribution in [3.63, 3.8) is 0 Å². The molecule has 2 heterocycles. The fourth-order valence-electron chi connectivity index (χ4n) is 12.1. The third-order valence-electron chi connectivity index (χ3n) is 14.8. The molecule has 0 amide bonds. The molecular formula is C62H42N2S. The molecule has 1 atom stereocenters. The van der Waals surface area contributed by atoms with Crippen LogP contribution in [0.25, 0.3) is 60.5 Å². The zero-order valence-corrected chi connectivity index (χ0v) is 36.9. The molecule has 3 aliphatic rings. The van der Waals surface area contributed by atoms with Crippen LogP contribution in [-0.4, -0.2) is 4.57 Å². The fourth-order valence-corrected chi connectivity index (χ4v) is 13.3. The molecule has 1 aromatic heterocycles. The highest BCUT2D eigenvalue weighted by Gasteiger charge is 2.49. The van der Waals surface area contributed by atoms with Crippen LogP contribution >= 0.6 is 11.8 Å². The SMILES string of the molecule is CC1(C)c2ccccc2-c2c(N(c3ccc4c(c3)C3(c5ccccc5S4)c4ccccc4-c4cccc5cccc3c45)c3ccc4c(c3)c3ccccc3n4-c3ccccc3)cccc21. The molecule has 1 aliphatic heterocycles. The molecule has 3 heteroatoms. The van der Waals surface area contributed by atoms with Gasteiger partial charge in [-0.15, -0.1) is 0 Å². The van der Waals surface area contributed by atoms with E-state index in [4.69, 9.17) is 0 Å². The smallest absolute Gasteiger partial charge is 0.0736 e. The van der Waals surface area contributed by atoms with Gasteiger partial charge in [-0.05, 0) is 128 Å². The number of aromatic nitrogens is 1. The van der Waals surface area contributed by atoms with Gasteiger partial charge in [0.2, 0.25) is 0 Å².